The molecule has 21 aromatic rings. The first-order valence-electron chi connectivity index (χ1n) is 50.3. The summed E-state index contributed by atoms with van der Waals surface area (Å²) in [6.07, 6.45) is 0. The molecule has 0 saturated carbocycles. The number of benzene rings is 19. The van der Waals surface area contributed by atoms with Crippen LogP contribution >= 0.6 is 0 Å². The van der Waals surface area contributed by atoms with Crippen molar-refractivity contribution in [3.05, 3.63) is 454 Å². The Morgan fingerprint density at radius 1 is 0.228 bits per heavy atom. The zero-order valence-corrected chi connectivity index (χ0v) is 70.9. The third-order valence-corrected chi connectivity index (χ3v) is 25.3. The summed E-state index contributed by atoms with van der Waals surface area (Å²) < 4.78 is 144. The van der Waals surface area contributed by atoms with Gasteiger partial charge in [0.1, 0.15) is 0 Å². The van der Waals surface area contributed by atoms with Crippen LogP contribution in [0.5, 0.6) is 0 Å². The maximum atomic E-state index is 10.7. The number of hydrogen-bond donors (Lipinski definition) is 0. The minimum atomic E-state index is -0.904. The lowest BCUT2D eigenvalue weighted by Crippen LogP contribution is -2.61. The van der Waals surface area contributed by atoms with Gasteiger partial charge in [-0.2, -0.15) is 0 Å². The van der Waals surface area contributed by atoms with Crippen LogP contribution in [-0.2, 0) is 10.8 Å². The van der Waals surface area contributed by atoms with Crippen molar-refractivity contribution in [3.63, 3.8) is 0 Å². The van der Waals surface area contributed by atoms with Crippen molar-refractivity contribution in [1.29, 1.82) is 0 Å². The lowest BCUT2D eigenvalue weighted by Gasteiger charge is -2.46. The molecule has 0 atom stereocenters. The van der Waals surface area contributed by atoms with Gasteiger partial charge in [-0.05, 0) is 230 Å². The number of anilines is 6. The molecule has 0 radical (unpaired) electrons. The Balaban J connectivity index is 0.942. The molecular formula is C122H91BN4. The molecule has 0 aliphatic carbocycles. The van der Waals surface area contributed by atoms with E-state index in [4.69, 9.17) is 0 Å². The highest BCUT2D eigenvalue weighted by molar-refractivity contribution is 7.00. The Morgan fingerprint density at radius 3 is 0.874 bits per heavy atom. The molecule has 2 aromatic heterocycles. The van der Waals surface area contributed by atoms with Crippen LogP contribution in [0.1, 0.15) is 71.9 Å². The van der Waals surface area contributed by atoms with Crippen molar-refractivity contribution in [2.45, 2.75) is 52.4 Å². The summed E-state index contributed by atoms with van der Waals surface area (Å²) in [7, 11) is 0. The quantitative estimate of drug-likeness (QED) is 0.101. The zero-order chi connectivity index (χ0) is 97.4. The van der Waals surface area contributed by atoms with E-state index in [0.29, 0.717) is 22.7 Å². The van der Waals surface area contributed by atoms with Crippen molar-refractivity contribution in [1.82, 2.24) is 9.13 Å². The predicted octanol–water partition coefficient (Wildman–Crippen LogP) is 31.2. The van der Waals surface area contributed by atoms with Crippen molar-refractivity contribution in [2.75, 3.05) is 9.80 Å². The van der Waals surface area contributed by atoms with Gasteiger partial charge in [0.2, 0.25) is 0 Å². The molecule has 0 bridgehead atoms. The molecule has 0 fully saturated rings. The highest BCUT2D eigenvalue weighted by Crippen LogP contribution is 2.56. The second kappa shape index (κ2) is 30.7. The second-order valence-electron chi connectivity index (χ2n) is 35.2. The van der Waals surface area contributed by atoms with Crippen LogP contribution in [-0.4, -0.2) is 15.8 Å². The summed E-state index contributed by atoms with van der Waals surface area (Å²) in [5.41, 5.74) is 24.5. The molecule has 23 rings (SSSR count). The van der Waals surface area contributed by atoms with Gasteiger partial charge in [-0.15, -0.1) is 0 Å². The monoisotopic (exact) mass is 1640 g/mol. The number of fused-ring (bicyclic) bond motifs is 10. The molecule has 4 nitrogen and oxygen atoms in total. The largest absolute Gasteiger partial charge is 0.310 e. The Morgan fingerprint density at radius 2 is 0.512 bits per heavy atom. The fourth-order valence-electron chi connectivity index (χ4n) is 19.2. The summed E-state index contributed by atoms with van der Waals surface area (Å²) in [5, 5.41) is 0.0771. The van der Waals surface area contributed by atoms with E-state index in [1.54, 1.807) is 9.13 Å². The van der Waals surface area contributed by atoms with Gasteiger partial charge in [0, 0.05) is 77.9 Å². The third-order valence-electron chi connectivity index (χ3n) is 25.3. The van der Waals surface area contributed by atoms with Gasteiger partial charge in [-0.25, -0.2) is 0 Å². The molecule has 0 saturated heterocycles. The van der Waals surface area contributed by atoms with Crippen LogP contribution in [0.15, 0.2) is 443 Å². The SMILES string of the molecule is [2H]c1c([2H])c([2H])c2c(c1[2H])c1c([2H])c([2H])c(C(C)(C)C)c([2H])c1n2-c1ccc2c(c1)N(c1c(-c3ccccc3)cccc1-c1cc(-c3ccccc3)cc(-c3ccccc3)c1)c1cc(-c3cccc(-c4ccccc4)c3)cc3c1B2c1ccc(-n2c4c([2H])c([2H])c([2H])c([2H])c4c4c([2H])c([2H])c(C(C)(C)C)c([2H])c42)cc1N3c1c(-c2ccccc2)cccc1-c1cc(-c2ccccc2)cc(-c2ccccc2)c1. The summed E-state index contributed by atoms with van der Waals surface area (Å²) in [6, 6.07) is 120. The Labute approximate surface area is 763 Å². The molecule has 0 N–H and O–H groups in total. The standard InChI is InChI=1S/C122H91BN4/c1-121(2,3)96-59-63-106-104-51-28-30-57-110(104)124(112(106)76-96)98-61-65-108-114(78-98)126(119-100(85-45-24-12-25-46-85)53-33-55-102(119)94-70-89(81-37-16-8-17-38-81)68-90(71-94)82-39-18-9-19-40-82)116-74-93(88-50-32-49-87(67-88)80-35-14-7-15-36-80)75-117-118(116)123(108)109-66-62-99(125-111-58-31-29-52-105(111)107-64-60-97(77-113(107)125)122(4,5)6)79-115(109)127(117)120-101(86-47-26-13-27-48-86)54-34-56-103(120)95-72-91(83-41-20-10-21-42-83)69-92(73-95)84-43-22-11-23-44-84/h7-79H,1-6H3/i28D,29D,30D,31D,51D,52D,57D,58D,59D,60D,63D,64D,76D,77D. The highest BCUT2D eigenvalue weighted by Gasteiger charge is 2.46. The first-order valence-corrected chi connectivity index (χ1v) is 43.3. The van der Waals surface area contributed by atoms with E-state index < -0.39 is 65.9 Å². The first-order chi connectivity index (χ1) is 68.1. The maximum absolute atomic E-state index is 10.7. The van der Waals surface area contributed by atoms with Crippen LogP contribution in [0, 0.1) is 0 Å². The highest BCUT2D eigenvalue weighted by atomic mass is 15.2. The number of nitrogens with zero attached hydrogens (tertiary/aromatic N) is 4. The molecule has 127 heavy (non-hydrogen) atoms. The maximum Gasteiger partial charge on any atom is 0.252 e. The molecule has 5 heteroatoms. The van der Waals surface area contributed by atoms with Crippen molar-refractivity contribution in [2.24, 2.45) is 0 Å². The van der Waals surface area contributed by atoms with E-state index >= 15 is 0 Å². The lowest BCUT2D eigenvalue weighted by molar-refractivity contribution is 0.590. The molecule has 0 amide bonds. The molecular weight excluding hydrogens is 1530 g/mol. The molecule has 19 aromatic carbocycles. The second-order valence-corrected chi connectivity index (χ2v) is 35.2. The normalized spacial score (nSPS) is 14.0. The predicted molar refractivity (Wildman–Crippen MR) is 541 cm³/mol. The van der Waals surface area contributed by atoms with Gasteiger partial charge >= 0.3 is 0 Å². The Hall–Kier alpha value is -15.6. The molecule has 4 heterocycles. The fraction of sp³-hybridized carbons (Fsp3) is 0.0656. The summed E-state index contributed by atoms with van der Waals surface area (Å²) >= 11 is 0. The molecule has 0 spiro atoms. The summed E-state index contributed by atoms with van der Waals surface area (Å²) in [6.45, 7) is 10.6. The third kappa shape index (κ3) is 13.3. The van der Waals surface area contributed by atoms with Crippen LogP contribution in [0.4, 0.5) is 34.1 Å². The van der Waals surface area contributed by atoms with Crippen LogP contribution in [0.25, 0.3) is 166 Å². The Bertz CT molecular complexity index is 8210. The minimum absolute atomic E-state index is 0.0000338. The summed E-state index contributed by atoms with van der Waals surface area (Å²) in [5.74, 6) is 0. The number of aromatic nitrogens is 2. The van der Waals surface area contributed by atoms with Gasteiger partial charge in [-0.3, -0.25) is 0 Å². The Kier molecular flexibility index (Phi) is 15.1. The molecule has 602 valence electrons. The van der Waals surface area contributed by atoms with Crippen molar-refractivity contribution < 1.29 is 19.2 Å². The van der Waals surface area contributed by atoms with Gasteiger partial charge in [0.15, 0.2) is 0 Å². The first kappa shape index (κ1) is 62.5. The van der Waals surface area contributed by atoms with Crippen LogP contribution < -0.4 is 26.2 Å². The van der Waals surface area contributed by atoms with Gasteiger partial charge < -0.3 is 18.9 Å². The smallest absolute Gasteiger partial charge is 0.252 e. The zero-order valence-electron chi connectivity index (χ0n) is 84.9. The van der Waals surface area contributed by atoms with Crippen molar-refractivity contribution in [3.8, 4) is 123 Å². The fourth-order valence-corrected chi connectivity index (χ4v) is 19.2. The number of hydrogen-bond acceptors (Lipinski definition) is 2. The van der Waals surface area contributed by atoms with Gasteiger partial charge in [0.05, 0.1) is 52.6 Å². The molecule has 2 aliphatic rings. The van der Waals surface area contributed by atoms with E-state index in [1.807, 2.05) is 108 Å². The van der Waals surface area contributed by atoms with Gasteiger partial charge in [-0.1, -0.05) is 381 Å². The van der Waals surface area contributed by atoms with E-state index in [9.17, 15) is 19.2 Å². The van der Waals surface area contributed by atoms with Crippen LogP contribution in [0.3, 0.4) is 0 Å². The van der Waals surface area contributed by atoms with Crippen molar-refractivity contribution >= 4 is 101 Å². The molecule has 2 aliphatic heterocycles. The van der Waals surface area contributed by atoms with E-state index in [1.165, 1.54) is 0 Å². The number of para-hydroxylation sites is 4. The average Bonchev–Trinajstić information content (AvgIpc) is 0.724. The topological polar surface area (TPSA) is 16.3 Å². The van der Waals surface area contributed by atoms with E-state index in [-0.39, 0.29) is 91.0 Å². The van der Waals surface area contributed by atoms with Crippen LogP contribution in [0.2, 0.25) is 0 Å². The van der Waals surface area contributed by atoms with E-state index in [2.05, 4.69) is 301 Å². The summed E-state index contributed by atoms with van der Waals surface area (Å²) in [4.78, 5) is 4.81. The lowest BCUT2D eigenvalue weighted by atomic mass is 9.33. The van der Waals surface area contributed by atoms with E-state index in [0.717, 1.165) is 150 Å². The van der Waals surface area contributed by atoms with Gasteiger partial charge in [0.25, 0.3) is 6.71 Å². The number of rotatable bonds is 14. The minimum Gasteiger partial charge on any atom is -0.310 e. The molecule has 0 unspecified atom stereocenters. The average molecular weight is 1640 g/mol.